The molecule has 0 saturated heterocycles. The van der Waals surface area contributed by atoms with Crippen LogP contribution in [0.25, 0.3) is 11.3 Å². The minimum Gasteiger partial charge on any atom is -0.344 e. The molecule has 1 unspecified atom stereocenters. The molecule has 3 aromatic rings. The van der Waals surface area contributed by atoms with Crippen LogP contribution in [-0.4, -0.2) is 18.2 Å². The Morgan fingerprint density at radius 3 is 2.41 bits per heavy atom. The van der Waals surface area contributed by atoms with Crippen molar-refractivity contribution < 1.29 is 13.6 Å². The first kappa shape index (κ1) is 22.3. The smallest absolute Gasteiger partial charge is 0.344 e. The van der Waals surface area contributed by atoms with E-state index in [-0.39, 0.29) is 13.2 Å². The van der Waals surface area contributed by atoms with Crippen molar-refractivity contribution in [1.29, 1.82) is 0 Å². The zero-order valence-corrected chi connectivity index (χ0v) is 19.2. The zero-order chi connectivity index (χ0) is 20.9. The van der Waals surface area contributed by atoms with Crippen molar-refractivity contribution >= 4 is 47.3 Å². The molecule has 0 bridgehead atoms. The Morgan fingerprint density at radius 2 is 1.79 bits per heavy atom. The lowest BCUT2D eigenvalue weighted by atomic mass is 10.2. The van der Waals surface area contributed by atoms with Crippen molar-refractivity contribution in [1.82, 2.24) is 4.98 Å². The monoisotopic (exact) mass is 470 g/mol. The number of anilines is 1. The molecule has 0 aliphatic rings. The predicted octanol–water partition coefficient (Wildman–Crippen LogP) is 7.49. The van der Waals surface area contributed by atoms with Crippen LogP contribution in [0.3, 0.4) is 0 Å². The fraction of sp³-hybridized carbons (Fsp3) is 0.250. The molecule has 0 fully saturated rings. The number of benzene rings is 2. The van der Waals surface area contributed by atoms with Gasteiger partial charge in [0.25, 0.3) is 0 Å². The van der Waals surface area contributed by atoms with Crippen LogP contribution < -0.4 is 5.32 Å². The Labute approximate surface area is 184 Å². The van der Waals surface area contributed by atoms with E-state index in [1.54, 1.807) is 26.0 Å². The van der Waals surface area contributed by atoms with Gasteiger partial charge in [0.15, 0.2) is 10.9 Å². The fourth-order valence-electron chi connectivity index (χ4n) is 2.80. The van der Waals surface area contributed by atoms with Crippen molar-refractivity contribution in [2.75, 3.05) is 18.5 Å². The minimum atomic E-state index is -3.48. The maximum atomic E-state index is 13.5. The quantitative estimate of drug-likeness (QED) is 0.328. The molecule has 0 spiro atoms. The second kappa shape index (κ2) is 10.1. The van der Waals surface area contributed by atoms with Crippen LogP contribution in [0.1, 0.15) is 25.2 Å². The molecule has 1 N–H and O–H groups in total. The van der Waals surface area contributed by atoms with Gasteiger partial charge in [-0.05, 0) is 37.6 Å². The van der Waals surface area contributed by atoms with Gasteiger partial charge in [-0.1, -0.05) is 53.5 Å². The second-order valence-corrected chi connectivity index (χ2v) is 9.81. The highest BCUT2D eigenvalue weighted by Gasteiger charge is 2.37. The minimum absolute atomic E-state index is 0.270. The van der Waals surface area contributed by atoms with Gasteiger partial charge < -0.3 is 14.4 Å². The van der Waals surface area contributed by atoms with Crippen LogP contribution >= 0.6 is 42.1 Å². The molecule has 0 aliphatic carbocycles. The van der Waals surface area contributed by atoms with Crippen molar-refractivity contribution in [2.45, 2.75) is 19.6 Å². The van der Waals surface area contributed by atoms with E-state index in [9.17, 15) is 4.57 Å². The van der Waals surface area contributed by atoms with Crippen molar-refractivity contribution in [3.8, 4) is 11.3 Å². The Morgan fingerprint density at radius 1 is 1.10 bits per heavy atom. The molecule has 154 valence electrons. The number of nitrogens with zero attached hydrogens (tertiary/aromatic N) is 1. The van der Waals surface area contributed by atoms with Crippen LogP contribution in [0.5, 0.6) is 0 Å². The molecule has 2 aromatic carbocycles. The summed E-state index contributed by atoms with van der Waals surface area (Å²) < 4.78 is 24.7. The number of thiazole rings is 1. The number of rotatable bonds is 9. The Bertz CT molecular complexity index is 990. The maximum Gasteiger partial charge on any atom is 0.357 e. The van der Waals surface area contributed by atoms with E-state index in [4.69, 9.17) is 32.2 Å². The molecule has 5 nitrogen and oxygen atoms in total. The van der Waals surface area contributed by atoms with Gasteiger partial charge in [0.1, 0.15) is 0 Å². The van der Waals surface area contributed by atoms with E-state index in [0.717, 1.165) is 11.1 Å². The van der Waals surface area contributed by atoms with Crippen molar-refractivity contribution in [3.05, 3.63) is 69.5 Å². The highest BCUT2D eigenvalue weighted by atomic mass is 35.5. The fourth-order valence-corrected chi connectivity index (χ4v) is 6.05. The molecular formula is C20H21Cl2N2O3PS. The molecule has 0 aliphatic heterocycles. The highest BCUT2D eigenvalue weighted by molar-refractivity contribution is 7.54. The van der Waals surface area contributed by atoms with Crippen LogP contribution in [-0.2, 0) is 13.6 Å². The maximum absolute atomic E-state index is 13.5. The first-order valence-electron chi connectivity index (χ1n) is 9.08. The standard InChI is InChI=1S/C20H21Cl2N2O3PS/c1-3-26-28(25,27-4-2)19(14-8-6-5-7-9-14)24-20-23-18(13-29-20)16-11-10-15(21)12-17(16)22/h5-13,19H,3-4H2,1-2H3,(H,23,24). The van der Waals surface area contributed by atoms with Crippen LogP contribution in [0.15, 0.2) is 53.9 Å². The highest BCUT2D eigenvalue weighted by Crippen LogP contribution is 2.60. The average molecular weight is 471 g/mol. The summed E-state index contributed by atoms with van der Waals surface area (Å²) >= 11 is 13.7. The van der Waals surface area contributed by atoms with Crippen molar-refractivity contribution in [2.24, 2.45) is 0 Å². The number of halogens is 2. The lowest BCUT2D eigenvalue weighted by molar-refractivity contribution is 0.214. The third-order valence-corrected chi connectivity index (χ3v) is 7.64. The van der Waals surface area contributed by atoms with E-state index in [2.05, 4.69) is 10.3 Å². The van der Waals surface area contributed by atoms with Gasteiger partial charge in [-0.15, -0.1) is 11.3 Å². The summed E-state index contributed by atoms with van der Waals surface area (Å²) in [6.07, 6.45) is 0. The van der Waals surface area contributed by atoms with E-state index >= 15 is 0 Å². The second-order valence-electron chi connectivity index (χ2n) is 6.00. The lowest BCUT2D eigenvalue weighted by Gasteiger charge is -2.27. The summed E-state index contributed by atoms with van der Waals surface area (Å²) in [6, 6.07) is 14.7. The lowest BCUT2D eigenvalue weighted by Crippen LogP contribution is -2.15. The van der Waals surface area contributed by atoms with Crippen LogP contribution in [0, 0.1) is 0 Å². The molecule has 0 saturated carbocycles. The molecule has 0 amide bonds. The van der Waals surface area contributed by atoms with E-state index in [1.165, 1.54) is 11.3 Å². The summed E-state index contributed by atoms with van der Waals surface area (Å²) in [5.41, 5.74) is 2.27. The van der Waals surface area contributed by atoms with E-state index < -0.39 is 13.4 Å². The number of hydrogen-bond donors (Lipinski definition) is 1. The summed E-state index contributed by atoms with van der Waals surface area (Å²) in [7, 11) is -3.48. The Kier molecular flexibility index (Phi) is 7.74. The summed E-state index contributed by atoms with van der Waals surface area (Å²) in [4.78, 5) is 4.62. The average Bonchev–Trinajstić information content (AvgIpc) is 3.15. The Balaban J connectivity index is 1.94. The van der Waals surface area contributed by atoms with Gasteiger partial charge in [0.05, 0.1) is 23.9 Å². The van der Waals surface area contributed by atoms with E-state index in [1.807, 2.05) is 41.8 Å². The van der Waals surface area contributed by atoms with Crippen molar-refractivity contribution in [3.63, 3.8) is 0 Å². The molecule has 0 radical (unpaired) electrons. The summed E-state index contributed by atoms with van der Waals surface area (Å²) in [5.74, 6) is -0.691. The van der Waals surface area contributed by atoms with Gasteiger partial charge >= 0.3 is 7.60 Å². The van der Waals surface area contributed by atoms with E-state index in [0.29, 0.717) is 20.9 Å². The van der Waals surface area contributed by atoms with Gasteiger partial charge in [0.2, 0.25) is 0 Å². The number of hydrogen-bond acceptors (Lipinski definition) is 6. The predicted molar refractivity (Wildman–Crippen MR) is 121 cm³/mol. The zero-order valence-electron chi connectivity index (χ0n) is 16.0. The van der Waals surface area contributed by atoms with Gasteiger partial charge in [-0.25, -0.2) is 4.98 Å². The van der Waals surface area contributed by atoms with Gasteiger partial charge in [-0.2, -0.15) is 0 Å². The third-order valence-electron chi connectivity index (χ3n) is 4.02. The van der Waals surface area contributed by atoms with Gasteiger partial charge in [-0.3, -0.25) is 4.57 Å². The molecule has 1 atom stereocenters. The first-order chi connectivity index (χ1) is 14.0. The molecule has 9 heteroatoms. The molecule has 1 aromatic heterocycles. The Hall–Kier alpha value is -1.40. The third kappa shape index (κ3) is 5.40. The molecule has 1 heterocycles. The summed E-state index contributed by atoms with van der Waals surface area (Å²) in [6.45, 7) is 4.12. The normalized spacial score (nSPS) is 12.7. The topological polar surface area (TPSA) is 60.5 Å². The number of aromatic nitrogens is 1. The SMILES string of the molecule is CCOP(=O)(OCC)C(Nc1nc(-c2ccc(Cl)cc2Cl)cs1)c1ccccc1. The van der Waals surface area contributed by atoms with Crippen LogP contribution in [0.2, 0.25) is 10.0 Å². The molecule has 29 heavy (non-hydrogen) atoms. The first-order valence-corrected chi connectivity index (χ1v) is 12.3. The summed E-state index contributed by atoms with van der Waals surface area (Å²) in [5, 5.41) is 6.79. The largest absolute Gasteiger partial charge is 0.357 e. The molecule has 3 rings (SSSR count). The molecular weight excluding hydrogens is 450 g/mol. The number of nitrogens with one attached hydrogen (secondary N) is 1. The van der Waals surface area contributed by atoms with Gasteiger partial charge in [0, 0.05) is 16.0 Å². The van der Waals surface area contributed by atoms with Crippen LogP contribution in [0.4, 0.5) is 5.13 Å².